The summed E-state index contributed by atoms with van der Waals surface area (Å²) in [5.41, 5.74) is 2.65. The van der Waals surface area contributed by atoms with Gasteiger partial charge < -0.3 is 5.41 Å². The van der Waals surface area contributed by atoms with Crippen molar-refractivity contribution in [2.45, 2.75) is 6.42 Å². The highest BCUT2D eigenvalue weighted by atomic mass is 14.4. The van der Waals surface area contributed by atoms with Crippen molar-refractivity contribution in [3.05, 3.63) is 54.1 Å². The minimum absolute atomic E-state index is 0.647. The van der Waals surface area contributed by atoms with E-state index in [1.165, 1.54) is 0 Å². The van der Waals surface area contributed by atoms with Crippen LogP contribution in [0.3, 0.4) is 0 Å². The summed E-state index contributed by atoms with van der Waals surface area (Å²) in [4.78, 5) is 0. The molecule has 0 aromatic heterocycles. The number of hydrogen-bond donors (Lipinski definition) is 1. The molecular weight excluding hydrogens is 158 g/mol. The van der Waals surface area contributed by atoms with Gasteiger partial charge in [-0.1, -0.05) is 42.5 Å². The second-order valence-electron chi connectivity index (χ2n) is 2.97. The Bertz CT molecular complexity index is 371. The zero-order chi connectivity index (χ0) is 9.10. The Hall–Kier alpha value is -1.63. The molecule has 1 aliphatic carbocycles. The van der Waals surface area contributed by atoms with Crippen molar-refractivity contribution in [2.24, 2.45) is 0 Å². The first kappa shape index (κ1) is 7.99. The fourth-order valence-corrected chi connectivity index (χ4v) is 1.37. The highest BCUT2D eigenvalue weighted by Crippen LogP contribution is 2.19. The Kier molecular flexibility index (Phi) is 2.09. The Balaban J connectivity index is 2.41. The lowest BCUT2D eigenvalue weighted by Gasteiger charge is -2.09. The van der Waals surface area contributed by atoms with E-state index < -0.39 is 0 Å². The molecule has 0 saturated heterocycles. The number of allylic oxidation sites excluding steroid dienone is 4. The first-order valence-corrected chi connectivity index (χ1v) is 4.29. The largest absolute Gasteiger partial charge is 0.304 e. The molecule has 0 atom stereocenters. The van der Waals surface area contributed by atoms with Gasteiger partial charge in [0.05, 0.1) is 0 Å². The molecule has 1 N–H and O–H groups in total. The molecule has 0 heterocycles. The van der Waals surface area contributed by atoms with Crippen LogP contribution in [-0.2, 0) is 0 Å². The predicted octanol–water partition coefficient (Wildman–Crippen LogP) is 2.85. The molecule has 0 saturated carbocycles. The molecule has 1 nitrogen and oxygen atoms in total. The molecule has 2 rings (SSSR count). The summed E-state index contributed by atoms with van der Waals surface area (Å²) in [5, 5.41) is 7.73. The van der Waals surface area contributed by atoms with E-state index >= 15 is 0 Å². The zero-order valence-electron chi connectivity index (χ0n) is 7.25. The van der Waals surface area contributed by atoms with Gasteiger partial charge in [0.1, 0.15) is 0 Å². The molecule has 0 spiro atoms. The Morgan fingerprint density at radius 3 is 2.62 bits per heavy atom. The molecule has 0 unspecified atom stereocenters. The molecule has 0 bridgehead atoms. The third-order valence-electron chi connectivity index (χ3n) is 2.03. The molecule has 1 heteroatoms. The summed E-state index contributed by atoms with van der Waals surface area (Å²) in [7, 11) is 0. The topological polar surface area (TPSA) is 23.9 Å². The van der Waals surface area contributed by atoms with Crippen LogP contribution < -0.4 is 0 Å². The molecule has 0 aliphatic heterocycles. The number of benzene rings is 1. The molecule has 13 heavy (non-hydrogen) atoms. The number of hydrogen-bond acceptors (Lipinski definition) is 1. The third-order valence-corrected chi connectivity index (χ3v) is 2.03. The van der Waals surface area contributed by atoms with E-state index in [0.29, 0.717) is 5.71 Å². The van der Waals surface area contributed by atoms with Crippen LogP contribution in [0.5, 0.6) is 0 Å². The van der Waals surface area contributed by atoms with Gasteiger partial charge in [-0.05, 0) is 11.6 Å². The lowest BCUT2D eigenvalue weighted by atomic mass is 9.96. The Labute approximate surface area is 77.9 Å². The van der Waals surface area contributed by atoms with Crippen LogP contribution in [0.4, 0.5) is 0 Å². The van der Waals surface area contributed by atoms with E-state index in [4.69, 9.17) is 5.41 Å². The van der Waals surface area contributed by atoms with Crippen LogP contribution >= 0.6 is 0 Å². The van der Waals surface area contributed by atoms with E-state index in [2.05, 4.69) is 6.08 Å². The van der Waals surface area contributed by atoms with Crippen molar-refractivity contribution < 1.29 is 0 Å². The Morgan fingerprint density at radius 2 is 1.92 bits per heavy atom. The average molecular weight is 168 g/mol. The molecule has 0 fully saturated rings. The van der Waals surface area contributed by atoms with Crippen LogP contribution in [0.1, 0.15) is 12.0 Å². The summed E-state index contributed by atoms with van der Waals surface area (Å²) in [6.07, 6.45) is 7.66. The van der Waals surface area contributed by atoms with E-state index in [0.717, 1.165) is 17.6 Å². The van der Waals surface area contributed by atoms with E-state index in [1.54, 1.807) is 0 Å². The normalized spacial score (nSPS) is 15.7. The van der Waals surface area contributed by atoms with Crippen molar-refractivity contribution in [1.29, 1.82) is 5.41 Å². The fraction of sp³-hybridized carbons (Fsp3) is 0.0833. The van der Waals surface area contributed by atoms with Crippen molar-refractivity contribution in [2.75, 3.05) is 0 Å². The second kappa shape index (κ2) is 3.40. The van der Waals surface area contributed by atoms with Crippen LogP contribution in [0.2, 0.25) is 0 Å². The maximum Gasteiger partial charge on any atom is 0.0436 e. The highest BCUT2D eigenvalue weighted by Gasteiger charge is 2.08. The van der Waals surface area contributed by atoms with Gasteiger partial charge in [-0.25, -0.2) is 0 Å². The van der Waals surface area contributed by atoms with Gasteiger partial charge in [0.15, 0.2) is 0 Å². The molecule has 1 aliphatic rings. The quantitative estimate of drug-likeness (QED) is 0.666. The van der Waals surface area contributed by atoms with Crippen molar-refractivity contribution in [3.8, 4) is 0 Å². The van der Waals surface area contributed by atoms with Gasteiger partial charge in [0, 0.05) is 17.7 Å². The summed E-state index contributed by atoms with van der Waals surface area (Å²) >= 11 is 0. The fourth-order valence-electron chi connectivity index (χ4n) is 1.37. The lowest BCUT2D eigenvalue weighted by Crippen LogP contribution is -2.01. The minimum atomic E-state index is 0.647. The number of nitrogens with one attached hydrogen (secondary N) is 1. The SMILES string of the molecule is N=C1CC=C[C]=C1c1ccccc1. The molecule has 1 aromatic carbocycles. The van der Waals surface area contributed by atoms with E-state index in [9.17, 15) is 0 Å². The maximum atomic E-state index is 7.73. The maximum absolute atomic E-state index is 7.73. The molecule has 1 aromatic rings. The van der Waals surface area contributed by atoms with Gasteiger partial charge in [-0.2, -0.15) is 0 Å². The monoisotopic (exact) mass is 168 g/mol. The molecular formula is C12H10N. The first-order chi connectivity index (χ1) is 6.38. The minimum Gasteiger partial charge on any atom is -0.304 e. The smallest absolute Gasteiger partial charge is 0.0436 e. The van der Waals surface area contributed by atoms with Crippen LogP contribution in [0.15, 0.2) is 42.5 Å². The van der Waals surface area contributed by atoms with Crippen molar-refractivity contribution in [1.82, 2.24) is 0 Å². The summed E-state index contributed by atoms with van der Waals surface area (Å²) < 4.78 is 0. The van der Waals surface area contributed by atoms with Gasteiger partial charge in [0.2, 0.25) is 0 Å². The summed E-state index contributed by atoms with van der Waals surface area (Å²) in [6.45, 7) is 0. The molecule has 1 radical (unpaired) electrons. The third kappa shape index (κ3) is 1.59. The van der Waals surface area contributed by atoms with Crippen LogP contribution in [0, 0.1) is 11.5 Å². The van der Waals surface area contributed by atoms with E-state index in [-0.39, 0.29) is 0 Å². The first-order valence-electron chi connectivity index (χ1n) is 4.29. The summed E-state index contributed by atoms with van der Waals surface area (Å²) in [6, 6.07) is 9.96. The van der Waals surface area contributed by atoms with Crippen molar-refractivity contribution >= 4 is 11.3 Å². The average Bonchev–Trinajstić information content (AvgIpc) is 2.20. The highest BCUT2D eigenvalue weighted by molar-refractivity contribution is 6.23. The number of rotatable bonds is 1. The van der Waals surface area contributed by atoms with Crippen molar-refractivity contribution in [3.63, 3.8) is 0 Å². The Morgan fingerprint density at radius 1 is 1.15 bits per heavy atom. The lowest BCUT2D eigenvalue weighted by molar-refractivity contribution is 1.36. The van der Waals surface area contributed by atoms with Gasteiger partial charge in [0.25, 0.3) is 0 Å². The van der Waals surface area contributed by atoms with Gasteiger partial charge in [-0.15, -0.1) is 0 Å². The van der Waals surface area contributed by atoms with Gasteiger partial charge in [-0.3, -0.25) is 0 Å². The summed E-state index contributed by atoms with van der Waals surface area (Å²) in [5.74, 6) is 0. The predicted molar refractivity (Wildman–Crippen MR) is 54.6 cm³/mol. The molecule has 0 amide bonds. The zero-order valence-corrected chi connectivity index (χ0v) is 7.25. The van der Waals surface area contributed by atoms with Gasteiger partial charge >= 0.3 is 0 Å². The van der Waals surface area contributed by atoms with E-state index in [1.807, 2.05) is 42.5 Å². The van der Waals surface area contributed by atoms with Crippen LogP contribution in [-0.4, -0.2) is 5.71 Å². The standard InChI is InChI=1S/C12H10N/c13-12-9-5-4-8-11(12)10-6-2-1-3-7-10/h1-7,13H,9H2. The van der Waals surface area contributed by atoms with Crippen LogP contribution in [0.25, 0.3) is 5.57 Å². The molecule has 63 valence electrons. The second-order valence-corrected chi connectivity index (χ2v) is 2.97.